The number of benzene rings is 1. The number of halogens is 1. The van der Waals surface area contributed by atoms with Gasteiger partial charge in [-0.2, -0.15) is 0 Å². The Hall–Kier alpha value is -2.41. The SMILES string of the molecule is O=C1CCC(CCC/C=C/C2(NNc3ccc(F)c(OCC4CC4)c3)CC2)C(=O)N1. The van der Waals surface area contributed by atoms with Crippen molar-refractivity contribution in [3.63, 3.8) is 0 Å². The lowest BCUT2D eigenvalue weighted by atomic mass is 9.93. The molecule has 1 aromatic rings. The Bertz CT molecular complexity index is 818. The van der Waals surface area contributed by atoms with Gasteiger partial charge in [0.05, 0.1) is 17.8 Å². The van der Waals surface area contributed by atoms with Crippen LogP contribution < -0.4 is 20.9 Å². The minimum atomic E-state index is -0.335. The zero-order valence-corrected chi connectivity index (χ0v) is 17.2. The van der Waals surface area contributed by atoms with Crippen LogP contribution >= 0.6 is 0 Å². The van der Waals surface area contributed by atoms with Gasteiger partial charge >= 0.3 is 0 Å². The van der Waals surface area contributed by atoms with E-state index in [0.717, 1.165) is 37.8 Å². The highest BCUT2D eigenvalue weighted by Crippen LogP contribution is 2.37. The van der Waals surface area contributed by atoms with Crippen molar-refractivity contribution >= 4 is 17.5 Å². The molecule has 1 unspecified atom stereocenters. The second-order valence-corrected chi connectivity index (χ2v) is 8.79. The third-order valence-corrected chi connectivity index (χ3v) is 6.06. The number of imide groups is 1. The quantitative estimate of drug-likeness (QED) is 0.221. The highest BCUT2D eigenvalue weighted by molar-refractivity contribution is 5.98. The maximum absolute atomic E-state index is 13.9. The first kappa shape index (κ1) is 20.8. The summed E-state index contributed by atoms with van der Waals surface area (Å²) in [6.07, 6.45) is 12.5. The summed E-state index contributed by atoms with van der Waals surface area (Å²) in [6.45, 7) is 0.583. The Balaban J connectivity index is 1.19. The van der Waals surface area contributed by atoms with Gasteiger partial charge in [0.1, 0.15) is 0 Å². The number of hydrazine groups is 1. The molecule has 30 heavy (non-hydrogen) atoms. The molecule has 3 N–H and O–H groups in total. The number of amides is 2. The second kappa shape index (κ2) is 9.16. The molecule has 3 aliphatic rings. The summed E-state index contributed by atoms with van der Waals surface area (Å²) >= 11 is 0. The van der Waals surface area contributed by atoms with E-state index in [2.05, 4.69) is 28.3 Å². The molecule has 4 rings (SSSR count). The number of hydrogen-bond acceptors (Lipinski definition) is 5. The number of unbranched alkanes of at least 4 members (excludes halogenated alkanes) is 1. The highest BCUT2D eigenvalue weighted by Gasteiger charge is 2.39. The van der Waals surface area contributed by atoms with Crippen molar-refractivity contribution in [2.75, 3.05) is 12.0 Å². The lowest BCUT2D eigenvalue weighted by Crippen LogP contribution is -2.40. The van der Waals surface area contributed by atoms with Crippen molar-refractivity contribution < 1.29 is 18.7 Å². The highest BCUT2D eigenvalue weighted by atomic mass is 19.1. The minimum Gasteiger partial charge on any atom is -0.490 e. The molecule has 2 aliphatic carbocycles. The molecule has 0 aromatic heterocycles. The molecule has 0 bridgehead atoms. The molecule has 0 radical (unpaired) electrons. The topological polar surface area (TPSA) is 79.5 Å². The summed E-state index contributed by atoms with van der Waals surface area (Å²) in [5, 5.41) is 2.41. The molecular formula is C23H30FN3O3. The van der Waals surface area contributed by atoms with Gasteiger partial charge in [0.2, 0.25) is 11.8 Å². The average molecular weight is 416 g/mol. The molecule has 1 aromatic carbocycles. The third kappa shape index (κ3) is 5.81. The molecule has 1 atom stereocenters. The largest absolute Gasteiger partial charge is 0.490 e. The van der Waals surface area contributed by atoms with E-state index >= 15 is 0 Å². The lowest BCUT2D eigenvalue weighted by molar-refractivity contribution is -0.136. The van der Waals surface area contributed by atoms with E-state index < -0.39 is 0 Å². The fourth-order valence-corrected chi connectivity index (χ4v) is 3.65. The van der Waals surface area contributed by atoms with E-state index in [4.69, 9.17) is 4.74 Å². The Morgan fingerprint density at radius 3 is 2.80 bits per heavy atom. The summed E-state index contributed by atoms with van der Waals surface area (Å²) in [7, 11) is 0. The van der Waals surface area contributed by atoms with Gasteiger partial charge in [0.15, 0.2) is 11.6 Å². The van der Waals surface area contributed by atoms with Gasteiger partial charge in [-0.05, 0) is 69.4 Å². The predicted octanol–water partition coefficient (Wildman–Crippen LogP) is 3.84. The van der Waals surface area contributed by atoms with Crippen molar-refractivity contribution in [1.29, 1.82) is 0 Å². The third-order valence-electron chi connectivity index (χ3n) is 6.06. The number of rotatable bonds is 11. The minimum absolute atomic E-state index is 0.0411. The van der Waals surface area contributed by atoms with Crippen LogP contribution in [0.3, 0.4) is 0 Å². The first-order chi connectivity index (χ1) is 14.5. The summed E-state index contributed by atoms with van der Waals surface area (Å²) < 4.78 is 19.5. The van der Waals surface area contributed by atoms with E-state index in [-0.39, 0.29) is 29.1 Å². The van der Waals surface area contributed by atoms with Crippen LogP contribution in [0.4, 0.5) is 10.1 Å². The Morgan fingerprint density at radius 2 is 2.07 bits per heavy atom. The number of hydrogen-bond donors (Lipinski definition) is 3. The van der Waals surface area contributed by atoms with Crippen LogP contribution in [0.2, 0.25) is 0 Å². The summed E-state index contributed by atoms with van der Waals surface area (Å²) in [4.78, 5) is 23.0. The Labute approximate surface area is 176 Å². The Kier molecular flexibility index (Phi) is 6.37. The van der Waals surface area contributed by atoms with Crippen molar-refractivity contribution in [2.24, 2.45) is 11.8 Å². The maximum atomic E-state index is 13.9. The summed E-state index contributed by atoms with van der Waals surface area (Å²) in [5.74, 6) is 0.211. The lowest BCUT2D eigenvalue weighted by Gasteiger charge is -2.20. The first-order valence-electron chi connectivity index (χ1n) is 11.0. The number of anilines is 1. The molecule has 2 amide bonds. The number of nitrogens with one attached hydrogen (secondary N) is 3. The van der Waals surface area contributed by atoms with Crippen LogP contribution in [0.15, 0.2) is 30.4 Å². The molecule has 6 nitrogen and oxygen atoms in total. The standard InChI is InChI=1S/C23H30FN3O3/c24-19-9-8-18(14-20(19)30-15-16-5-6-16)26-27-23(12-13-23)11-3-1-2-4-17-7-10-21(28)25-22(17)29/h3,8-9,11,14,16-17,26-27H,1-2,4-7,10,12-13,15H2,(H,25,28,29)/b11-3+. The van der Waals surface area contributed by atoms with Crippen LogP contribution in [0, 0.1) is 17.7 Å². The fraction of sp³-hybridized carbons (Fsp3) is 0.565. The van der Waals surface area contributed by atoms with Crippen molar-refractivity contribution in [1.82, 2.24) is 10.7 Å². The van der Waals surface area contributed by atoms with E-state index in [1.54, 1.807) is 12.1 Å². The van der Waals surface area contributed by atoms with Gasteiger partial charge in [-0.3, -0.25) is 14.9 Å². The van der Waals surface area contributed by atoms with Gasteiger partial charge in [-0.25, -0.2) is 9.82 Å². The van der Waals surface area contributed by atoms with Crippen LogP contribution in [0.1, 0.15) is 57.8 Å². The molecule has 1 heterocycles. The number of ether oxygens (including phenoxy) is 1. The zero-order valence-electron chi connectivity index (χ0n) is 17.2. The van der Waals surface area contributed by atoms with E-state index in [1.165, 1.54) is 18.9 Å². The molecule has 1 saturated heterocycles. The van der Waals surface area contributed by atoms with Crippen LogP contribution in [-0.2, 0) is 9.59 Å². The number of carbonyl (C=O) groups excluding carboxylic acids is 2. The molecule has 2 saturated carbocycles. The summed E-state index contributed by atoms with van der Waals surface area (Å²) in [5.41, 5.74) is 7.24. The van der Waals surface area contributed by atoms with Crippen molar-refractivity contribution in [3.8, 4) is 5.75 Å². The van der Waals surface area contributed by atoms with Crippen LogP contribution in [0.5, 0.6) is 5.75 Å². The smallest absolute Gasteiger partial charge is 0.229 e. The molecule has 7 heteroatoms. The van der Waals surface area contributed by atoms with Gasteiger partial charge in [0, 0.05) is 18.4 Å². The molecular weight excluding hydrogens is 385 g/mol. The van der Waals surface area contributed by atoms with Crippen molar-refractivity contribution in [3.05, 3.63) is 36.2 Å². The normalized spacial score (nSPS) is 22.8. The molecule has 162 valence electrons. The van der Waals surface area contributed by atoms with E-state index in [0.29, 0.717) is 31.1 Å². The summed E-state index contributed by atoms with van der Waals surface area (Å²) in [6, 6.07) is 4.83. The predicted molar refractivity (Wildman–Crippen MR) is 112 cm³/mol. The van der Waals surface area contributed by atoms with Crippen molar-refractivity contribution in [2.45, 2.75) is 63.3 Å². The van der Waals surface area contributed by atoms with Crippen LogP contribution in [-0.4, -0.2) is 24.0 Å². The van der Waals surface area contributed by atoms with E-state index in [1.807, 2.05) is 0 Å². The molecule has 3 fully saturated rings. The van der Waals surface area contributed by atoms with E-state index in [9.17, 15) is 14.0 Å². The first-order valence-corrected chi connectivity index (χ1v) is 11.0. The average Bonchev–Trinajstić information content (AvgIpc) is 3.64. The maximum Gasteiger partial charge on any atom is 0.229 e. The molecule has 0 spiro atoms. The van der Waals surface area contributed by atoms with Gasteiger partial charge < -0.3 is 10.2 Å². The fourth-order valence-electron chi connectivity index (χ4n) is 3.65. The van der Waals surface area contributed by atoms with Gasteiger partial charge in [-0.15, -0.1) is 0 Å². The molecule has 1 aliphatic heterocycles. The Morgan fingerprint density at radius 1 is 1.23 bits per heavy atom. The number of carbonyl (C=O) groups is 2. The van der Waals surface area contributed by atoms with Gasteiger partial charge in [0.25, 0.3) is 0 Å². The van der Waals surface area contributed by atoms with Gasteiger partial charge in [-0.1, -0.05) is 12.2 Å². The number of allylic oxidation sites excluding steroid dienone is 1. The second-order valence-electron chi connectivity index (χ2n) is 8.79. The monoisotopic (exact) mass is 415 g/mol. The zero-order chi connectivity index (χ0) is 21.0. The number of piperidine rings is 1. The van der Waals surface area contributed by atoms with Crippen LogP contribution in [0.25, 0.3) is 0 Å².